The average molecular weight is 254 g/mol. The molecular formula is C11H19Cl2O2. The lowest BCUT2D eigenvalue weighted by Crippen LogP contribution is -2.28. The van der Waals surface area contributed by atoms with E-state index < -0.39 is 0 Å². The van der Waals surface area contributed by atoms with Gasteiger partial charge in [-0.15, -0.1) is 23.2 Å². The zero-order valence-corrected chi connectivity index (χ0v) is 10.5. The Balaban J connectivity index is 2.30. The van der Waals surface area contributed by atoms with Crippen LogP contribution in [-0.4, -0.2) is 31.3 Å². The molecule has 0 bridgehead atoms. The van der Waals surface area contributed by atoms with Crippen LogP contribution in [0.3, 0.4) is 0 Å². The van der Waals surface area contributed by atoms with E-state index in [2.05, 4.69) is 0 Å². The number of ether oxygens (including phenoxy) is 2. The Labute approximate surface area is 102 Å². The highest BCUT2D eigenvalue weighted by atomic mass is 35.5. The second kappa shape index (κ2) is 8.63. The van der Waals surface area contributed by atoms with Gasteiger partial charge in [0.2, 0.25) is 0 Å². The molecule has 0 aromatic heterocycles. The van der Waals surface area contributed by atoms with Gasteiger partial charge in [-0.2, -0.15) is 0 Å². The maximum absolute atomic E-state index is 5.60. The van der Waals surface area contributed by atoms with Crippen LogP contribution < -0.4 is 0 Å². The zero-order chi connectivity index (χ0) is 10.9. The van der Waals surface area contributed by atoms with Crippen LogP contribution in [0.4, 0.5) is 0 Å². The van der Waals surface area contributed by atoms with Crippen LogP contribution in [0.25, 0.3) is 0 Å². The first-order valence-corrected chi connectivity index (χ1v) is 6.65. The van der Waals surface area contributed by atoms with Crippen molar-refractivity contribution in [2.45, 2.75) is 38.4 Å². The van der Waals surface area contributed by atoms with Gasteiger partial charge in [0.1, 0.15) is 0 Å². The van der Waals surface area contributed by atoms with Gasteiger partial charge in [-0.25, -0.2) is 0 Å². The third kappa shape index (κ3) is 5.39. The molecule has 0 aromatic carbocycles. The average Bonchev–Trinajstić information content (AvgIpc) is 2.30. The van der Waals surface area contributed by atoms with Crippen LogP contribution in [0.2, 0.25) is 0 Å². The van der Waals surface area contributed by atoms with E-state index in [1.807, 2.05) is 0 Å². The quantitative estimate of drug-likeness (QED) is 0.512. The molecule has 1 aliphatic rings. The van der Waals surface area contributed by atoms with Crippen LogP contribution in [0, 0.1) is 5.92 Å². The molecule has 0 unspecified atom stereocenters. The Hall–Kier alpha value is 0.500. The standard InChI is InChI=1S/C11H19Cl2O2/c12-6-8-14-11(15-9-7-13)10-4-2-1-3-5-10/h11H,1-9H2. The normalized spacial score (nSPS) is 18.6. The van der Waals surface area contributed by atoms with Crippen molar-refractivity contribution in [1.29, 1.82) is 0 Å². The fourth-order valence-corrected chi connectivity index (χ4v) is 2.01. The Morgan fingerprint density at radius 1 is 0.933 bits per heavy atom. The number of alkyl halides is 2. The highest BCUT2D eigenvalue weighted by Crippen LogP contribution is 2.30. The summed E-state index contributed by atoms with van der Waals surface area (Å²) in [5.74, 6) is 2.39. The van der Waals surface area contributed by atoms with Crippen LogP contribution in [0.15, 0.2) is 0 Å². The summed E-state index contributed by atoms with van der Waals surface area (Å²) in [5.41, 5.74) is 0. The van der Waals surface area contributed by atoms with Crippen LogP contribution in [0.5, 0.6) is 0 Å². The van der Waals surface area contributed by atoms with Gasteiger partial charge in [0, 0.05) is 17.7 Å². The van der Waals surface area contributed by atoms with E-state index in [0.717, 1.165) is 12.8 Å². The Morgan fingerprint density at radius 3 is 1.93 bits per heavy atom. The lowest BCUT2D eigenvalue weighted by molar-refractivity contribution is -0.129. The maximum atomic E-state index is 5.60. The first kappa shape index (κ1) is 13.6. The smallest absolute Gasteiger partial charge is 0.163 e. The van der Waals surface area contributed by atoms with E-state index in [4.69, 9.17) is 32.7 Å². The first-order valence-electron chi connectivity index (χ1n) is 5.58. The number of hydrogen-bond acceptors (Lipinski definition) is 2. The summed E-state index contributed by atoms with van der Waals surface area (Å²) in [6.07, 6.45) is 5.88. The molecule has 15 heavy (non-hydrogen) atoms. The number of hydrogen-bond donors (Lipinski definition) is 0. The van der Waals surface area contributed by atoms with Crippen molar-refractivity contribution >= 4 is 23.2 Å². The summed E-state index contributed by atoms with van der Waals surface area (Å²) in [6.45, 7) is 1.08. The molecule has 0 heterocycles. The molecule has 4 heteroatoms. The fraction of sp³-hybridized carbons (Fsp3) is 0.909. The monoisotopic (exact) mass is 253 g/mol. The molecular weight excluding hydrogens is 235 g/mol. The van der Waals surface area contributed by atoms with E-state index in [1.165, 1.54) is 25.2 Å². The Morgan fingerprint density at radius 2 is 1.47 bits per heavy atom. The predicted octanol–water partition coefficient (Wildman–Crippen LogP) is 3.36. The molecule has 1 aliphatic carbocycles. The van der Waals surface area contributed by atoms with Crippen molar-refractivity contribution in [3.8, 4) is 0 Å². The van der Waals surface area contributed by atoms with Crippen molar-refractivity contribution in [3.05, 3.63) is 5.92 Å². The second-order valence-corrected chi connectivity index (χ2v) is 4.43. The van der Waals surface area contributed by atoms with Gasteiger partial charge < -0.3 is 9.47 Å². The van der Waals surface area contributed by atoms with Crippen molar-refractivity contribution in [2.24, 2.45) is 0 Å². The van der Waals surface area contributed by atoms with Crippen molar-refractivity contribution in [1.82, 2.24) is 0 Å². The molecule has 1 fully saturated rings. The molecule has 0 atom stereocenters. The van der Waals surface area contributed by atoms with E-state index in [1.54, 1.807) is 0 Å². The van der Waals surface area contributed by atoms with Gasteiger partial charge in [-0.05, 0) is 12.8 Å². The lowest BCUT2D eigenvalue weighted by atomic mass is 9.89. The Bertz CT molecular complexity index is 142. The summed E-state index contributed by atoms with van der Waals surface area (Å²) < 4.78 is 11.2. The fourth-order valence-electron chi connectivity index (χ4n) is 1.83. The summed E-state index contributed by atoms with van der Waals surface area (Å²) in [4.78, 5) is 0. The van der Waals surface area contributed by atoms with Crippen molar-refractivity contribution in [3.63, 3.8) is 0 Å². The third-order valence-corrected chi connectivity index (χ3v) is 2.83. The third-order valence-electron chi connectivity index (χ3n) is 2.52. The summed E-state index contributed by atoms with van der Waals surface area (Å²) in [7, 11) is 0. The molecule has 0 saturated heterocycles. The molecule has 0 N–H and O–H groups in total. The number of rotatable bonds is 7. The molecule has 2 nitrogen and oxygen atoms in total. The molecule has 89 valence electrons. The first-order chi connectivity index (χ1) is 7.38. The van der Waals surface area contributed by atoms with Gasteiger partial charge >= 0.3 is 0 Å². The molecule has 0 spiro atoms. The molecule has 0 amide bonds. The minimum Gasteiger partial charge on any atom is -0.351 e. The molecule has 0 aromatic rings. The number of halogens is 2. The van der Waals surface area contributed by atoms with Crippen LogP contribution in [0.1, 0.15) is 32.1 Å². The molecule has 1 rings (SSSR count). The van der Waals surface area contributed by atoms with E-state index in [-0.39, 0.29) is 6.29 Å². The van der Waals surface area contributed by atoms with Gasteiger partial charge in [-0.3, -0.25) is 0 Å². The largest absolute Gasteiger partial charge is 0.351 e. The molecule has 1 radical (unpaired) electrons. The van der Waals surface area contributed by atoms with Crippen LogP contribution in [-0.2, 0) is 9.47 Å². The Kier molecular flexibility index (Phi) is 7.80. The minimum absolute atomic E-state index is 0.178. The predicted molar refractivity (Wildman–Crippen MR) is 63.5 cm³/mol. The SMILES string of the molecule is ClCCOC(OCCCl)[C]1CCCCC1. The summed E-state index contributed by atoms with van der Waals surface area (Å²) >= 11 is 11.2. The van der Waals surface area contributed by atoms with Gasteiger partial charge in [0.25, 0.3) is 0 Å². The van der Waals surface area contributed by atoms with Gasteiger partial charge in [0.05, 0.1) is 13.2 Å². The second-order valence-electron chi connectivity index (χ2n) is 3.67. The van der Waals surface area contributed by atoms with Crippen molar-refractivity contribution < 1.29 is 9.47 Å². The van der Waals surface area contributed by atoms with E-state index in [0.29, 0.717) is 25.0 Å². The maximum Gasteiger partial charge on any atom is 0.163 e. The van der Waals surface area contributed by atoms with Crippen LogP contribution >= 0.6 is 23.2 Å². The van der Waals surface area contributed by atoms with Gasteiger partial charge in [0.15, 0.2) is 6.29 Å². The minimum atomic E-state index is -0.178. The topological polar surface area (TPSA) is 18.5 Å². The summed E-state index contributed by atoms with van der Waals surface area (Å²) in [5, 5.41) is 0. The highest BCUT2D eigenvalue weighted by Gasteiger charge is 2.25. The van der Waals surface area contributed by atoms with E-state index in [9.17, 15) is 0 Å². The molecule has 1 saturated carbocycles. The van der Waals surface area contributed by atoms with Crippen molar-refractivity contribution in [2.75, 3.05) is 25.0 Å². The lowest BCUT2D eigenvalue weighted by Gasteiger charge is -2.29. The summed E-state index contributed by atoms with van der Waals surface area (Å²) in [6, 6.07) is 0. The highest BCUT2D eigenvalue weighted by molar-refractivity contribution is 6.18. The molecule has 0 aliphatic heterocycles. The van der Waals surface area contributed by atoms with E-state index >= 15 is 0 Å². The van der Waals surface area contributed by atoms with Gasteiger partial charge in [-0.1, -0.05) is 19.3 Å². The zero-order valence-electron chi connectivity index (χ0n) is 9.01.